The third-order valence-corrected chi connectivity index (χ3v) is 5.72. The second kappa shape index (κ2) is 4.57. The molecule has 0 aliphatic heterocycles. The second-order valence-electron chi connectivity index (χ2n) is 6.37. The third-order valence-electron chi connectivity index (χ3n) is 4.68. The zero-order valence-corrected chi connectivity index (χ0v) is 12.5. The van der Waals surface area contributed by atoms with Crippen molar-refractivity contribution in [3.63, 3.8) is 0 Å². The average molecular weight is 275 g/mol. The average Bonchev–Trinajstić information content (AvgIpc) is 2.75. The third kappa shape index (κ3) is 2.30. The van der Waals surface area contributed by atoms with E-state index < -0.39 is 5.60 Å². The van der Waals surface area contributed by atoms with Crippen molar-refractivity contribution in [2.24, 2.45) is 5.41 Å². The minimum Gasteiger partial charge on any atom is -0.389 e. The highest BCUT2D eigenvalue weighted by Crippen LogP contribution is 2.46. The van der Waals surface area contributed by atoms with Gasteiger partial charge in [-0.3, -0.25) is 0 Å². The summed E-state index contributed by atoms with van der Waals surface area (Å²) in [6.07, 6.45) is 5.06. The lowest BCUT2D eigenvalue weighted by Crippen LogP contribution is -2.48. The quantitative estimate of drug-likeness (QED) is 0.892. The van der Waals surface area contributed by atoms with Crippen LogP contribution in [-0.4, -0.2) is 15.7 Å². The van der Waals surface area contributed by atoms with E-state index in [1.54, 1.807) is 11.3 Å². The van der Waals surface area contributed by atoms with Gasteiger partial charge in [0.1, 0.15) is 0 Å². The van der Waals surface area contributed by atoms with E-state index in [-0.39, 0.29) is 5.41 Å². The molecule has 1 aliphatic rings. The summed E-state index contributed by atoms with van der Waals surface area (Å²) in [5, 5.41) is 12.1. The summed E-state index contributed by atoms with van der Waals surface area (Å²) in [6.45, 7) is 4.39. The van der Waals surface area contributed by atoms with Crippen molar-refractivity contribution in [2.45, 2.75) is 51.6 Å². The molecular formula is C16H21NOS. The first-order valence-corrected chi connectivity index (χ1v) is 7.89. The first-order chi connectivity index (χ1) is 9.00. The monoisotopic (exact) mass is 275 g/mol. The summed E-state index contributed by atoms with van der Waals surface area (Å²) < 4.78 is 1.22. The molecule has 3 rings (SSSR count). The number of hydrogen-bond acceptors (Lipinski definition) is 3. The Morgan fingerprint density at radius 3 is 2.68 bits per heavy atom. The molecular weight excluding hydrogens is 254 g/mol. The normalized spacial score (nSPS) is 26.7. The molecule has 0 bridgehead atoms. The van der Waals surface area contributed by atoms with E-state index >= 15 is 0 Å². The molecule has 0 saturated heterocycles. The van der Waals surface area contributed by atoms with Crippen LogP contribution in [0.3, 0.4) is 0 Å². The number of thiazole rings is 1. The highest BCUT2D eigenvalue weighted by Gasteiger charge is 2.45. The van der Waals surface area contributed by atoms with Crippen LogP contribution in [0.2, 0.25) is 0 Å². The summed E-state index contributed by atoms with van der Waals surface area (Å²) in [7, 11) is 0. The van der Waals surface area contributed by atoms with Crippen molar-refractivity contribution in [1.29, 1.82) is 0 Å². The molecule has 1 unspecified atom stereocenters. The Hall–Kier alpha value is -0.930. The molecule has 1 fully saturated rings. The van der Waals surface area contributed by atoms with Gasteiger partial charge in [-0.25, -0.2) is 4.98 Å². The van der Waals surface area contributed by atoms with Crippen LogP contribution in [0.5, 0.6) is 0 Å². The van der Waals surface area contributed by atoms with Crippen molar-refractivity contribution >= 4 is 21.6 Å². The Labute approximate surface area is 118 Å². The number of aliphatic hydroxyl groups is 1. The number of hydrogen-bond donors (Lipinski definition) is 1. The minimum atomic E-state index is -0.598. The largest absolute Gasteiger partial charge is 0.389 e. The van der Waals surface area contributed by atoms with Gasteiger partial charge >= 0.3 is 0 Å². The lowest BCUT2D eigenvalue weighted by Gasteiger charge is -2.46. The zero-order chi connectivity index (χ0) is 13.5. The van der Waals surface area contributed by atoms with Crippen molar-refractivity contribution in [3.8, 4) is 0 Å². The number of para-hydroxylation sites is 1. The Morgan fingerprint density at radius 1 is 1.21 bits per heavy atom. The topological polar surface area (TPSA) is 33.1 Å². The Bertz CT molecular complexity index is 556. The van der Waals surface area contributed by atoms with Crippen LogP contribution in [-0.2, 0) is 6.42 Å². The number of benzene rings is 1. The number of fused-ring (bicyclic) bond motifs is 1. The van der Waals surface area contributed by atoms with Crippen LogP contribution in [0.15, 0.2) is 24.3 Å². The van der Waals surface area contributed by atoms with Gasteiger partial charge in [0, 0.05) is 6.42 Å². The minimum absolute atomic E-state index is 0.0108. The van der Waals surface area contributed by atoms with Gasteiger partial charge in [-0.05, 0) is 30.4 Å². The maximum Gasteiger partial charge on any atom is 0.0967 e. The van der Waals surface area contributed by atoms with E-state index in [2.05, 4.69) is 24.9 Å². The maximum absolute atomic E-state index is 11.0. The van der Waals surface area contributed by atoms with Gasteiger partial charge in [-0.15, -0.1) is 11.3 Å². The summed E-state index contributed by atoms with van der Waals surface area (Å²) in [5.74, 6) is 0. The first kappa shape index (κ1) is 13.1. The van der Waals surface area contributed by atoms with Crippen molar-refractivity contribution in [3.05, 3.63) is 29.3 Å². The molecule has 2 nitrogen and oxygen atoms in total. The Balaban J connectivity index is 1.91. The lowest BCUT2D eigenvalue weighted by molar-refractivity contribution is -0.0958. The van der Waals surface area contributed by atoms with E-state index in [1.165, 1.54) is 11.1 Å². The molecule has 0 radical (unpaired) electrons. The van der Waals surface area contributed by atoms with E-state index in [0.717, 1.165) is 29.8 Å². The molecule has 1 aromatic heterocycles. The highest BCUT2D eigenvalue weighted by atomic mass is 32.1. The molecule has 1 aromatic carbocycles. The molecule has 2 aromatic rings. The van der Waals surface area contributed by atoms with Crippen LogP contribution in [0.1, 0.15) is 44.5 Å². The van der Waals surface area contributed by atoms with Gasteiger partial charge in [0.15, 0.2) is 0 Å². The van der Waals surface area contributed by atoms with Crippen molar-refractivity contribution in [1.82, 2.24) is 4.98 Å². The molecule has 1 heterocycles. The summed E-state index contributed by atoms with van der Waals surface area (Å²) in [5.41, 5.74) is 0.446. The fourth-order valence-electron chi connectivity index (χ4n) is 3.13. The molecule has 1 atom stereocenters. The molecule has 3 heteroatoms. The molecule has 1 N–H and O–H groups in total. The second-order valence-corrected chi connectivity index (χ2v) is 7.49. The summed E-state index contributed by atoms with van der Waals surface area (Å²) in [4.78, 5) is 4.68. The van der Waals surface area contributed by atoms with Gasteiger partial charge in [-0.1, -0.05) is 38.8 Å². The van der Waals surface area contributed by atoms with E-state index in [1.807, 2.05) is 18.2 Å². The molecule has 0 spiro atoms. The molecule has 0 amide bonds. The predicted octanol–water partition coefficient (Wildman–Crippen LogP) is 4.17. The molecule has 1 saturated carbocycles. The van der Waals surface area contributed by atoms with Crippen molar-refractivity contribution in [2.75, 3.05) is 0 Å². The summed E-state index contributed by atoms with van der Waals surface area (Å²) in [6, 6.07) is 8.21. The SMILES string of the molecule is CC1(C)CCCCC1(O)Cc1nc2ccccc2s1. The van der Waals surface area contributed by atoms with Crippen LogP contribution in [0.25, 0.3) is 10.2 Å². The van der Waals surface area contributed by atoms with Gasteiger partial charge in [0.2, 0.25) is 0 Å². The fourth-order valence-corrected chi connectivity index (χ4v) is 4.20. The Morgan fingerprint density at radius 2 is 1.95 bits per heavy atom. The standard InChI is InChI=1S/C16H21NOS/c1-15(2)9-5-6-10-16(15,18)11-14-17-12-7-3-4-8-13(12)19-14/h3-4,7-8,18H,5-6,9-11H2,1-2H3. The van der Waals surface area contributed by atoms with Crippen LogP contribution >= 0.6 is 11.3 Å². The molecule has 19 heavy (non-hydrogen) atoms. The Kier molecular flexibility index (Phi) is 3.14. The highest BCUT2D eigenvalue weighted by molar-refractivity contribution is 7.18. The molecule has 1 aliphatic carbocycles. The number of nitrogens with zero attached hydrogens (tertiary/aromatic N) is 1. The number of aromatic nitrogens is 1. The van der Waals surface area contributed by atoms with Crippen LogP contribution in [0.4, 0.5) is 0 Å². The zero-order valence-electron chi connectivity index (χ0n) is 11.6. The first-order valence-electron chi connectivity index (χ1n) is 7.07. The van der Waals surface area contributed by atoms with Gasteiger partial charge < -0.3 is 5.11 Å². The smallest absolute Gasteiger partial charge is 0.0967 e. The van der Waals surface area contributed by atoms with E-state index in [0.29, 0.717) is 6.42 Å². The predicted molar refractivity (Wildman–Crippen MR) is 80.5 cm³/mol. The van der Waals surface area contributed by atoms with E-state index in [9.17, 15) is 5.11 Å². The van der Waals surface area contributed by atoms with Gasteiger partial charge in [0.05, 0.1) is 20.8 Å². The lowest BCUT2D eigenvalue weighted by atomic mass is 9.64. The van der Waals surface area contributed by atoms with Crippen LogP contribution < -0.4 is 0 Å². The molecule has 102 valence electrons. The van der Waals surface area contributed by atoms with Gasteiger partial charge in [0.25, 0.3) is 0 Å². The van der Waals surface area contributed by atoms with Crippen LogP contribution in [0, 0.1) is 5.41 Å². The van der Waals surface area contributed by atoms with E-state index in [4.69, 9.17) is 0 Å². The van der Waals surface area contributed by atoms with Crippen molar-refractivity contribution < 1.29 is 5.11 Å². The van der Waals surface area contributed by atoms with Gasteiger partial charge in [-0.2, -0.15) is 0 Å². The number of rotatable bonds is 2. The summed E-state index contributed by atoms with van der Waals surface area (Å²) >= 11 is 1.72. The fraction of sp³-hybridized carbons (Fsp3) is 0.562. The maximum atomic E-state index is 11.0.